The average molecular weight is 672 g/mol. The van der Waals surface area contributed by atoms with Gasteiger partial charge in [0.05, 0.1) is 30.9 Å². The molecule has 0 radical (unpaired) electrons. The Morgan fingerprint density at radius 3 is 2.41 bits per heavy atom. The molecule has 3 aromatic rings. The zero-order chi connectivity index (χ0) is 26.7. The van der Waals surface area contributed by atoms with Crippen LogP contribution < -0.4 is 19.7 Å². The third-order valence-electron chi connectivity index (χ3n) is 5.20. The minimum Gasteiger partial charge on any atom is -0.490 e. The summed E-state index contributed by atoms with van der Waals surface area (Å²) in [6.07, 6.45) is 1.39. The van der Waals surface area contributed by atoms with Crippen LogP contribution >= 0.6 is 57.4 Å². The number of hydrogen-bond acceptors (Lipinski definition) is 5. The predicted molar refractivity (Wildman–Crippen MR) is 152 cm³/mol. The number of rotatable bonds is 7. The Morgan fingerprint density at radius 2 is 1.70 bits per heavy atom. The highest BCUT2D eigenvalue weighted by atomic mass is 127. The first-order valence-electron chi connectivity index (χ1n) is 10.9. The molecule has 1 N–H and O–H groups in total. The highest BCUT2D eigenvalue weighted by molar-refractivity contribution is 14.1. The van der Waals surface area contributed by atoms with Crippen molar-refractivity contribution in [3.63, 3.8) is 0 Å². The molecule has 0 saturated carbocycles. The van der Waals surface area contributed by atoms with Gasteiger partial charge in [0.2, 0.25) is 0 Å². The number of nitrogens with zero attached hydrogens (tertiary/aromatic N) is 1. The van der Waals surface area contributed by atoms with Crippen molar-refractivity contribution in [1.29, 1.82) is 0 Å². The maximum absolute atomic E-state index is 13.2. The number of halogens is 4. The minimum atomic E-state index is -0.879. The molecule has 3 aromatic carbocycles. The Labute approximate surface area is 241 Å². The number of benzene rings is 3. The van der Waals surface area contributed by atoms with E-state index in [0.29, 0.717) is 37.3 Å². The molecule has 0 unspecified atom stereocenters. The van der Waals surface area contributed by atoms with Crippen LogP contribution in [-0.2, 0) is 16.2 Å². The Hall–Kier alpha value is -2.79. The molecule has 4 rings (SSSR count). The van der Waals surface area contributed by atoms with Crippen LogP contribution in [0.25, 0.3) is 6.08 Å². The molecular formula is C26H18Cl3IN2O5. The van der Waals surface area contributed by atoms with Crippen LogP contribution in [0.3, 0.4) is 0 Å². The highest BCUT2D eigenvalue weighted by Gasteiger charge is 2.37. The SMILES string of the molecule is CCOc1cc(/C=C2\C(=O)NC(=O)N(c3ccccc3Cl)C2=O)cc(I)c1OCc1ccc(Cl)c(Cl)c1. The summed E-state index contributed by atoms with van der Waals surface area (Å²) in [7, 11) is 0. The number of ether oxygens (including phenoxy) is 2. The topological polar surface area (TPSA) is 84.9 Å². The number of amides is 4. The number of carbonyl (C=O) groups is 3. The van der Waals surface area contributed by atoms with Crippen molar-refractivity contribution in [1.82, 2.24) is 5.32 Å². The van der Waals surface area contributed by atoms with Crippen LogP contribution in [0, 0.1) is 3.57 Å². The summed E-state index contributed by atoms with van der Waals surface area (Å²) in [6.45, 7) is 2.39. The van der Waals surface area contributed by atoms with Crippen LogP contribution in [-0.4, -0.2) is 24.5 Å². The third-order valence-corrected chi connectivity index (χ3v) is 7.06. The second kappa shape index (κ2) is 11.7. The smallest absolute Gasteiger partial charge is 0.335 e. The molecule has 11 heteroatoms. The van der Waals surface area contributed by atoms with Gasteiger partial charge >= 0.3 is 6.03 Å². The fraction of sp³-hybridized carbons (Fsp3) is 0.115. The van der Waals surface area contributed by atoms with Gasteiger partial charge in [-0.3, -0.25) is 14.9 Å². The van der Waals surface area contributed by atoms with Gasteiger partial charge in [-0.25, -0.2) is 9.69 Å². The van der Waals surface area contributed by atoms with Crippen LogP contribution in [0.15, 0.2) is 60.2 Å². The predicted octanol–water partition coefficient (Wildman–Crippen LogP) is 6.90. The standard InChI is InChI=1S/C26H18Cl3IN2O5/c1-2-36-22-12-15(11-20(30)23(22)37-13-14-7-8-17(27)19(29)10-14)9-16-24(33)31-26(35)32(25(16)34)21-6-4-3-5-18(21)28/h3-12H,2,13H2,1H3,(H,31,33,35)/b16-9+. The second-order valence-electron chi connectivity index (χ2n) is 7.71. The van der Waals surface area contributed by atoms with Crippen molar-refractivity contribution in [3.05, 3.63) is 89.9 Å². The molecular weight excluding hydrogens is 654 g/mol. The van der Waals surface area contributed by atoms with Crippen LogP contribution in [0.5, 0.6) is 11.5 Å². The summed E-state index contributed by atoms with van der Waals surface area (Å²) in [5.41, 5.74) is 1.25. The van der Waals surface area contributed by atoms with E-state index in [1.165, 1.54) is 12.1 Å². The van der Waals surface area contributed by atoms with E-state index in [2.05, 4.69) is 27.9 Å². The van der Waals surface area contributed by atoms with Gasteiger partial charge in [0.25, 0.3) is 11.8 Å². The molecule has 0 atom stereocenters. The van der Waals surface area contributed by atoms with Crippen LogP contribution in [0.1, 0.15) is 18.1 Å². The number of anilines is 1. The maximum Gasteiger partial charge on any atom is 0.335 e. The van der Waals surface area contributed by atoms with Crippen molar-refractivity contribution in [3.8, 4) is 11.5 Å². The molecule has 1 saturated heterocycles. The van der Waals surface area contributed by atoms with Gasteiger partial charge in [-0.05, 0) is 83.1 Å². The molecule has 1 aliphatic heterocycles. The molecule has 190 valence electrons. The van der Waals surface area contributed by atoms with Crippen molar-refractivity contribution < 1.29 is 23.9 Å². The molecule has 1 aliphatic rings. The van der Waals surface area contributed by atoms with E-state index in [9.17, 15) is 14.4 Å². The lowest BCUT2D eigenvalue weighted by atomic mass is 10.1. The Balaban J connectivity index is 1.66. The molecule has 7 nitrogen and oxygen atoms in total. The molecule has 1 fully saturated rings. The summed E-state index contributed by atoms with van der Waals surface area (Å²) < 4.78 is 12.5. The first-order valence-corrected chi connectivity index (χ1v) is 13.1. The van der Waals surface area contributed by atoms with Crippen molar-refractivity contribution in [2.45, 2.75) is 13.5 Å². The molecule has 0 spiro atoms. The van der Waals surface area contributed by atoms with E-state index < -0.39 is 17.8 Å². The van der Waals surface area contributed by atoms with Gasteiger partial charge in [0.1, 0.15) is 12.2 Å². The summed E-state index contributed by atoms with van der Waals surface area (Å²) in [5, 5.41) is 3.25. The van der Waals surface area contributed by atoms with Crippen LogP contribution in [0.2, 0.25) is 15.1 Å². The van der Waals surface area contributed by atoms with Gasteiger partial charge in [-0.2, -0.15) is 0 Å². The largest absolute Gasteiger partial charge is 0.490 e. The summed E-state index contributed by atoms with van der Waals surface area (Å²) >= 11 is 20.4. The number of barbiturate groups is 1. The number of nitrogens with one attached hydrogen (secondary N) is 1. The summed E-state index contributed by atoms with van der Waals surface area (Å²) in [6, 6.07) is 14.1. The van der Waals surface area contributed by atoms with E-state index in [0.717, 1.165) is 10.5 Å². The molecule has 0 aromatic heterocycles. The zero-order valence-corrected chi connectivity index (χ0v) is 23.6. The Kier molecular flexibility index (Phi) is 8.63. The van der Waals surface area contributed by atoms with Crippen molar-refractivity contribution >= 4 is 87.0 Å². The van der Waals surface area contributed by atoms with Crippen LogP contribution in [0.4, 0.5) is 10.5 Å². The second-order valence-corrected chi connectivity index (χ2v) is 10.1. The van der Waals surface area contributed by atoms with E-state index in [1.54, 1.807) is 48.5 Å². The molecule has 37 heavy (non-hydrogen) atoms. The van der Waals surface area contributed by atoms with E-state index >= 15 is 0 Å². The van der Waals surface area contributed by atoms with Crippen molar-refractivity contribution in [2.24, 2.45) is 0 Å². The fourth-order valence-electron chi connectivity index (χ4n) is 3.54. The van der Waals surface area contributed by atoms with Gasteiger partial charge < -0.3 is 9.47 Å². The number of urea groups is 1. The molecule has 4 amide bonds. The average Bonchev–Trinajstić information content (AvgIpc) is 2.84. The summed E-state index contributed by atoms with van der Waals surface area (Å²) in [4.78, 5) is 39.1. The first-order chi connectivity index (χ1) is 17.7. The van der Waals surface area contributed by atoms with Gasteiger partial charge in [0, 0.05) is 0 Å². The zero-order valence-electron chi connectivity index (χ0n) is 19.2. The number of hydrogen-bond donors (Lipinski definition) is 1. The highest BCUT2D eigenvalue weighted by Crippen LogP contribution is 2.36. The number of para-hydroxylation sites is 1. The lowest BCUT2D eigenvalue weighted by Gasteiger charge is -2.27. The fourth-order valence-corrected chi connectivity index (χ4v) is 4.86. The third kappa shape index (κ3) is 6.04. The molecule has 0 bridgehead atoms. The lowest BCUT2D eigenvalue weighted by Crippen LogP contribution is -2.54. The normalized spacial score (nSPS) is 14.7. The maximum atomic E-state index is 13.2. The number of carbonyl (C=O) groups excluding carboxylic acids is 3. The Morgan fingerprint density at radius 1 is 0.946 bits per heavy atom. The minimum absolute atomic E-state index is 0.167. The van der Waals surface area contributed by atoms with E-state index in [-0.39, 0.29) is 22.9 Å². The van der Waals surface area contributed by atoms with Crippen molar-refractivity contribution in [2.75, 3.05) is 11.5 Å². The summed E-state index contributed by atoms with van der Waals surface area (Å²) in [5.74, 6) is -0.701. The molecule has 1 heterocycles. The monoisotopic (exact) mass is 670 g/mol. The Bertz CT molecular complexity index is 1440. The van der Waals surface area contributed by atoms with E-state index in [1.807, 2.05) is 6.92 Å². The van der Waals surface area contributed by atoms with E-state index in [4.69, 9.17) is 44.3 Å². The van der Waals surface area contributed by atoms with Gasteiger partial charge in [-0.1, -0.05) is 53.0 Å². The lowest BCUT2D eigenvalue weighted by molar-refractivity contribution is -0.122. The first kappa shape index (κ1) is 27.3. The molecule has 0 aliphatic carbocycles. The number of imide groups is 2. The van der Waals surface area contributed by atoms with Gasteiger partial charge in [0.15, 0.2) is 11.5 Å². The quantitative estimate of drug-likeness (QED) is 0.168. The van der Waals surface area contributed by atoms with Gasteiger partial charge in [-0.15, -0.1) is 0 Å².